The van der Waals surface area contributed by atoms with Gasteiger partial charge in [-0.25, -0.2) is 4.68 Å². The molecule has 1 aromatic heterocycles. The quantitative estimate of drug-likeness (QED) is 0.615. The summed E-state index contributed by atoms with van der Waals surface area (Å²) in [5, 5.41) is 8.05. The van der Waals surface area contributed by atoms with Crippen LogP contribution in [0.15, 0.2) is 48.7 Å². The molecule has 1 heterocycles. The van der Waals surface area contributed by atoms with Crippen LogP contribution in [0.25, 0.3) is 5.69 Å². The Balaban J connectivity index is 1.86. The molecule has 0 unspecified atom stereocenters. The Morgan fingerprint density at radius 2 is 1.86 bits per heavy atom. The van der Waals surface area contributed by atoms with Gasteiger partial charge in [0.25, 0.3) is 5.91 Å². The number of hydrogen-bond donors (Lipinski definition) is 1. The van der Waals surface area contributed by atoms with Crippen LogP contribution in [0.1, 0.15) is 41.4 Å². The van der Waals surface area contributed by atoms with Gasteiger partial charge in [0.2, 0.25) is 0 Å². The molecule has 6 nitrogen and oxygen atoms in total. The third kappa shape index (κ3) is 4.38. The van der Waals surface area contributed by atoms with E-state index >= 15 is 0 Å². The molecule has 3 aromatic rings. The van der Waals surface area contributed by atoms with Crippen molar-refractivity contribution in [3.8, 4) is 17.2 Å². The molecule has 2 aromatic carbocycles. The third-order valence-corrected chi connectivity index (χ3v) is 4.85. The zero-order valence-corrected chi connectivity index (χ0v) is 17.7. The van der Waals surface area contributed by atoms with Crippen LogP contribution in [0.2, 0.25) is 5.02 Å². The number of amides is 1. The monoisotopic (exact) mass is 413 g/mol. The van der Waals surface area contributed by atoms with E-state index in [2.05, 4.69) is 10.4 Å². The second-order valence-electron chi connectivity index (χ2n) is 6.82. The van der Waals surface area contributed by atoms with Gasteiger partial charge in [-0.1, -0.05) is 37.6 Å². The minimum absolute atomic E-state index is 0.0975. The van der Waals surface area contributed by atoms with Crippen LogP contribution in [0.5, 0.6) is 11.5 Å². The zero-order chi connectivity index (χ0) is 21.0. The maximum Gasteiger partial charge on any atom is 0.255 e. The summed E-state index contributed by atoms with van der Waals surface area (Å²) in [6, 6.07) is 12.9. The molecule has 0 fully saturated rings. The number of para-hydroxylation sites is 1. The summed E-state index contributed by atoms with van der Waals surface area (Å²) >= 11 is 5.99. The van der Waals surface area contributed by atoms with E-state index in [4.69, 9.17) is 21.1 Å². The average molecular weight is 414 g/mol. The fraction of sp³-hybridized carbons (Fsp3) is 0.273. The van der Waals surface area contributed by atoms with E-state index in [1.54, 1.807) is 37.2 Å². The first-order chi connectivity index (χ1) is 14.0. The third-order valence-electron chi connectivity index (χ3n) is 4.59. The van der Waals surface area contributed by atoms with Gasteiger partial charge in [-0.05, 0) is 36.2 Å². The van der Waals surface area contributed by atoms with Crippen molar-refractivity contribution in [2.45, 2.75) is 26.3 Å². The van der Waals surface area contributed by atoms with E-state index in [-0.39, 0.29) is 11.8 Å². The van der Waals surface area contributed by atoms with Crippen molar-refractivity contribution < 1.29 is 14.3 Å². The largest absolute Gasteiger partial charge is 0.493 e. The highest BCUT2D eigenvalue weighted by Gasteiger charge is 2.21. The molecule has 0 bridgehead atoms. The van der Waals surface area contributed by atoms with Crippen molar-refractivity contribution in [2.75, 3.05) is 14.2 Å². The van der Waals surface area contributed by atoms with Crippen molar-refractivity contribution >= 4 is 17.5 Å². The van der Waals surface area contributed by atoms with Crippen molar-refractivity contribution in [3.05, 3.63) is 70.5 Å². The highest BCUT2D eigenvalue weighted by atomic mass is 35.5. The average Bonchev–Trinajstić information content (AvgIpc) is 3.17. The van der Waals surface area contributed by atoms with Gasteiger partial charge >= 0.3 is 0 Å². The van der Waals surface area contributed by atoms with Crippen LogP contribution in [0.3, 0.4) is 0 Å². The van der Waals surface area contributed by atoms with Gasteiger partial charge in [0.1, 0.15) is 0 Å². The van der Waals surface area contributed by atoms with E-state index in [1.165, 1.54) is 0 Å². The first-order valence-corrected chi connectivity index (χ1v) is 9.66. The highest BCUT2D eigenvalue weighted by molar-refractivity contribution is 6.30. The van der Waals surface area contributed by atoms with Crippen LogP contribution in [-0.4, -0.2) is 29.9 Å². The number of carbonyl (C=O) groups is 1. The Morgan fingerprint density at radius 1 is 1.14 bits per heavy atom. The molecule has 3 rings (SSSR count). The summed E-state index contributed by atoms with van der Waals surface area (Å²) in [6.07, 6.45) is 1.60. The fourth-order valence-electron chi connectivity index (χ4n) is 3.24. The molecule has 0 saturated heterocycles. The Morgan fingerprint density at radius 3 is 2.48 bits per heavy atom. The number of methoxy groups -OCH3 is 2. The Labute approximate surface area is 175 Å². The van der Waals surface area contributed by atoms with Gasteiger partial charge in [0, 0.05) is 17.1 Å². The second kappa shape index (κ2) is 9.01. The van der Waals surface area contributed by atoms with E-state index in [9.17, 15) is 4.79 Å². The van der Waals surface area contributed by atoms with Crippen molar-refractivity contribution in [1.82, 2.24) is 15.1 Å². The molecular weight excluding hydrogens is 390 g/mol. The number of carbonyl (C=O) groups excluding carboxylic acids is 1. The smallest absolute Gasteiger partial charge is 0.255 e. The Hall–Kier alpha value is -2.99. The summed E-state index contributed by atoms with van der Waals surface area (Å²) in [5.41, 5.74) is 3.06. The molecule has 1 N–H and O–H groups in total. The number of hydrogen-bond acceptors (Lipinski definition) is 4. The van der Waals surface area contributed by atoms with E-state index in [1.807, 2.05) is 44.2 Å². The molecule has 7 heteroatoms. The molecule has 0 radical (unpaired) electrons. The van der Waals surface area contributed by atoms with Gasteiger partial charge in [0.15, 0.2) is 11.5 Å². The van der Waals surface area contributed by atoms with Gasteiger partial charge in [0.05, 0.1) is 37.4 Å². The molecule has 0 aliphatic rings. The van der Waals surface area contributed by atoms with Gasteiger partial charge in [-0.2, -0.15) is 5.10 Å². The molecule has 0 aliphatic heterocycles. The summed E-state index contributed by atoms with van der Waals surface area (Å²) in [5.74, 6) is 1.13. The number of nitrogens with one attached hydrogen (secondary N) is 1. The summed E-state index contributed by atoms with van der Waals surface area (Å²) < 4.78 is 12.5. The minimum atomic E-state index is -0.196. The van der Waals surface area contributed by atoms with Crippen LogP contribution >= 0.6 is 11.6 Å². The summed E-state index contributed by atoms with van der Waals surface area (Å²) in [4.78, 5) is 12.9. The number of halogens is 1. The number of aromatic nitrogens is 2. The first-order valence-electron chi connectivity index (χ1n) is 9.28. The lowest BCUT2D eigenvalue weighted by atomic mass is 10.0. The highest BCUT2D eigenvalue weighted by Crippen LogP contribution is 2.30. The molecule has 29 heavy (non-hydrogen) atoms. The second-order valence-corrected chi connectivity index (χ2v) is 7.26. The SMILES string of the molecule is COc1cccc(CNC(=O)c2cnn(-c3ccc(Cl)cc3)c2C(C)C)c1OC. The number of rotatable bonds is 7. The first kappa shape index (κ1) is 20.7. The number of nitrogens with zero attached hydrogens (tertiary/aromatic N) is 2. The number of ether oxygens (including phenoxy) is 2. The van der Waals surface area contributed by atoms with Crippen LogP contribution < -0.4 is 14.8 Å². The Kier molecular flexibility index (Phi) is 6.44. The molecule has 0 atom stereocenters. The van der Waals surface area contributed by atoms with Gasteiger partial charge < -0.3 is 14.8 Å². The predicted octanol–water partition coefficient (Wildman–Crippen LogP) is 4.60. The van der Waals surface area contributed by atoms with Gasteiger partial charge in [-0.15, -0.1) is 0 Å². The number of benzene rings is 2. The maximum absolute atomic E-state index is 12.9. The van der Waals surface area contributed by atoms with Crippen LogP contribution in [0.4, 0.5) is 0 Å². The molecular formula is C22H24ClN3O3. The summed E-state index contributed by atoms with van der Waals surface area (Å²) in [7, 11) is 3.16. The van der Waals surface area contributed by atoms with Crippen LogP contribution in [-0.2, 0) is 6.54 Å². The lowest BCUT2D eigenvalue weighted by Gasteiger charge is -2.15. The normalized spacial score (nSPS) is 10.8. The molecule has 152 valence electrons. The molecule has 0 spiro atoms. The zero-order valence-electron chi connectivity index (χ0n) is 16.9. The van der Waals surface area contributed by atoms with E-state index in [0.29, 0.717) is 28.6 Å². The molecule has 0 aliphatic carbocycles. The van der Waals surface area contributed by atoms with Crippen molar-refractivity contribution in [2.24, 2.45) is 0 Å². The minimum Gasteiger partial charge on any atom is -0.493 e. The fourth-order valence-corrected chi connectivity index (χ4v) is 3.37. The Bertz CT molecular complexity index is 997. The van der Waals surface area contributed by atoms with Crippen LogP contribution in [0, 0.1) is 0 Å². The lowest BCUT2D eigenvalue weighted by Crippen LogP contribution is -2.24. The topological polar surface area (TPSA) is 65.4 Å². The lowest BCUT2D eigenvalue weighted by molar-refractivity contribution is 0.0949. The maximum atomic E-state index is 12.9. The van der Waals surface area contributed by atoms with Crippen molar-refractivity contribution in [3.63, 3.8) is 0 Å². The standard InChI is InChI=1S/C22H24ClN3O3/c1-14(2)20-18(13-25-26(20)17-10-8-16(23)9-11-17)22(27)24-12-15-6-5-7-19(28-3)21(15)29-4/h5-11,13-14H,12H2,1-4H3,(H,24,27). The molecule has 1 amide bonds. The van der Waals surface area contributed by atoms with Gasteiger partial charge in [-0.3, -0.25) is 4.79 Å². The molecule has 0 saturated carbocycles. The predicted molar refractivity (Wildman–Crippen MR) is 113 cm³/mol. The van der Waals surface area contributed by atoms with Crippen molar-refractivity contribution in [1.29, 1.82) is 0 Å². The van der Waals surface area contributed by atoms with E-state index < -0.39 is 0 Å². The van der Waals surface area contributed by atoms with E-state index in [0.717, 1.165) is 16.9 Å². The summed E-state index contributed by atoms with van der Waals surface area (Å²) in [6.45, 7) is 4.37.